The Morgan fingerprint density at radius 2 is 1.29 bits per heavy atom. The average molecular weight is 569 g/mol. The fourth-order valence-electron chi connectivity index (χ4n) is 3.09. The van der Waals surface area contributed by atoms with Gasteiger partial charge in [0.1, 0.15) is 11.5 Å². The van der Waals surface area contributed by atoms with E-state index in [-0.39, 0.29) is 33.1 Å². The van der Waals surface area contributed by atoms with Crippen LogP contribution in [0, 0.1) is 0 Å². The Hall–Kier alpha value is -4.18. The first kappa shape index (κ1) is 26.9. The zero-order valence-corrected chi connectivity index (χ0v) is 21.7. The van der Waals surface area contributed by atoms with Gasteiger partial charge in [0, 0.05) is 21.7 Å². The van der Waals surface area contributed by atoms with Gasteiger partial charge in [-0.3, -0.25) is 0 Å². The van der Waals surface area contributed by atoms with Crippen molar-refractivity contribution >= 4 is 51.4 Å². The molecular weight excluding hydrogens is 551 g/mol. The molecule has 11 heteroatoms. The van der Waals surface area contributed by atoms with Gasteiger partial charge in [-0.05, 0) is 72.8 Å². The van der Waals surface area contributed by atoms with Gasteiger partial charge in [0.2, 0.25) is 0 Å². The molecule has 0 aliphatic heterocycles. The molecule has 0 amide bonds. The van der Waals surface area contributed by atoms with Gasteiger partial charge in [-0.1, -0.05) is 41.4 Å². The van der Waals surface area contributed by atoms with Gasteiger partial charge in [0.25, 0.3) is 10.0 Å². The summed E-state index contributed by atoms with van der Waals surface area (Å²) < 4.78 is 35.8. The van der Waals surface area contributed by atoms with Gasteiger partial charge in [0.15, 0.2) is 0 Å². The van der Waals surface area contributed by atoms with Gasteiger partial charge < -0.3 is 9.47 Å². The number of carbonyl (C=O) groups excluding carboxylic acids is 2. The molecule has 0 saturated heterocycles. The van der Waals surface area contributed by atoms with Crippen LogP contribution in [-0.4, -0.2) is 26.6 Å². The Labute approximate surface area is 228 Å². The Morgan fingerprint density at radius 3 is 1.87 bits per heavy atom. The van der Waals surface area contributed by atoms with Crippen molar-refractivity contribution in [2.24, 2.45) is 5.10 Å². The molecule has 4 rings (SSSR count). The molecule has 192 valence electrons. The molecule has 0 heterocycles. The van der Waals surface area contributed by atoms with E-state index in [1.807, 2.05) is 0 Å². The lowest BCUT2D eigenvalue weighted by Gasteiger charge is -2.11. The number of hydrogen-bond acceptors (Lipinski definition) is 7. The Balaban J connectivity index is 1.59. The second-order valence-corrected chi connectivity index (χ2v) is 10.2. The van der Waals surface area contributed by atoms with Crippen molar-refractivity contribution in [2.75, 3.05) is 0 Å². The molecular formula is C27H18Cl2N2O6S. The van der Waals surface area contributed by atoms with Crippen molar-refractivity contribution in [3.05, 3.63) is 124 Å². The summed E-state index contributed by atoms with van der Waals surface area (Å²) in [5.74, 6) is -1.34. The molecule has 4 aromatic carbocycles. The molecule has 1 N–H and O–H groups in total. The molecule has 0 radical (unpaired) electrons. The minimum absolute atomic E-state index is 0.0241. The first-order valence-electron chi connectivity index (χ1n) is 10.9. The number of ether oxygens (including phenoxy) is 2. The maximum Gasteiger partial charge on any atom is 0.343 e. The molecule has 4 aromatic rings. The smallest absolute Gasteiger partial charge is 0.343 e. The number of esters is 2. The van der Waals surface area contributed by atoms with Gasteiger partial charge in [-0.15, -0.1) is 0 Å². The summed E-state index contributed by atoms with van der Waals surface area (Å²) in [4.78, 5) is 27.4. The molecule has 0 atom stereocenters. The molecule has 0 aliphatic rings. The molecule has 38 heavy (non-hydrogen) atoms. The standard InChI is InChI=1S/C27H18Cl2N2O6S/c28-21-11-6-18(7-12-21)26(32)36-23-15-10-20(17-30-31-38(34,35)24-4-2-1-3-5-24)25(16-23)37-27(33)19-8-13-22(29)14-9-19/h1-17,31H/b30-17+. The molecule has 0 saturated carbocycles. The van der Waals surface area contributed by atoms with Crippen molar-refractivity contribution in [3.63, 3.8) is 0 Å². The molecule has 0 unspecified atom stereocenters. The monoisotopic (exact) mass is 568 g/mol. The SMILES string of the molecule is O=C(Oc1ccc(/C=N/NS(=O)(=O)c2ccccc2)c(OC(=O)c2ccc(Cl)cc2)c1)c1ccc(Cl)cc1. The number of halogens is 2. The van der Waals surface area contributed by atoms with Crippen LogP contribution in [0.3, 0.4) is 0 Å². The number of hydrogen-bond donors (Lipinski definition) is 1. The van der Waals surface area contributed by atoms with Crippen molar-refractivity contribution in [3.8, 4) is 11.5 Å². The first-order valence-corrected chi connectivity index (χ1v) is 13.1. The molecule has 0 aliphatic carbocycles. The number of benzene rings is 4. The maximum atomic E-state index is 12.7. The fourth-order valence-corrected chi connectivity index (χ4v) is 4.15. The summed E-state index contributed by atoms with van der Waals surface area (Å²) in [5.41, 5.74) is 0.704. The lowest BCUT2D eigenvalue weighted by molar-refractivity contribution is 0.0732. The van der Waals surface area contributed by atoms with Gasteiger partial charge in [-0.2, -0.15) is 13.5 Å². The topological polar surface area (TPSA) is 111 Å². The van der Waals surface area contributed by atoms with E-state index in [2.05, 4.69) is 9.93 Å². The van der Waals surface area contributed by atoms with E-state index < -0.39 is 22.0 Å². The number of hydrazone groups is 1. The highest BCUT2D eigenvalue weighted by atomic mass is 35.5. The fraction of sp³-hybridized carbons (Fsp3) is 0. The van der Waals surface area contributed by atoms with Gasteiger partial charge in [-0.25, -0.2) is 14.4 Å². The minimum atomic E-state index is -3.92. The minimum Gasteiger partial charge on any atom is -0.423 e. The lowest BCUT2D eigenvalue weighted by atomic mass is 10.2. The summed E-state index contributed by atoms with van der Waals surface area (Å²) in [5, 5.41) is 4.70. The molecule has 0 aromatic heterocycles. The number of nitrogens with one attached hydrogen (secondary N) is 1. The number of nitrogens with zero attached hydrogens (tertiary/aromatic N) is 1. The van der Waals surface area contributed by atoms with E-state index in [9.17, 15) is 18.0 Å². The van der Waals surface area contributed by atoms with E-state index in [0.717, 1.165) is 6.21 Å². The van der Waals surface area contributed by atoms with Crippen LogP contribution in [0.1, 0.15) is 26.3 Å². The zero-order chi connectivity index (χ0) is 27.1. The third-order valence-electron chi connectivity index (χ3n) is 4.99. The summed E-state index contributed by atoms with van der Waals surface area (Å²) in [6, 6.07) is 24.0. The lowest BCUT2D eigenvalue weighted by Crippen LogP contribution is -2.18. The molecule has 8 nitrogen and oxygen atoms in total. The Morgan fingerprint density at radius 1 is 0.737 bits per heavy atom. The second-order valence-electron chi connectivity index (χ2n) is 7.66. The highest BCUT2D eigenvalue weighted by Crippen LogP contribution is 2.26. The molecule has 0 spiro atoms. The van der Waals surface area contributed by atoms with Crippen molar-refractivity contribution in [2.45, 2.75) is 4.90 Å². The van der Waals surface area contributed by atoms with Crippen LogP contribution in [0.15, 0.2) is 107 Å². The quantitative estimate of drug-likeness (QED) is 0.125. The largest absolute Gasteiger partial charge is 0.423 e. The number of sulfonamides is 1. The summed E-state index contributed by atoms with van der Waals surface area (Å²) in [7, 11) is -3.92. The first-order chi connectivity index (χ1) is 18.2. The number of carbonyl (C=O) groups is 2. The van der Waals surface area contributed by atoms with E-state index in [1.165, 1.54) is 66.7 Å². The summed E-state index contributed by atoms with van der Waals surface area (Å²) >= 11 is 11.8. The molecule has 0 bridgehead atoms. The Bertz CT molecular complexity index is 1590. The zero-order valence-electron chi connectivity index (χ0n) is 19.4. The third kappa shape index (κ3) is 6.98. The van der Waals surface area contributed by atoms with Gasteiger partial charge >= 0.3 is 11.9 Å². The van der Waals surface area contributed by atoms with E-state index in [0.29, 0.717) is 10.0 Å². The van der Waals surface area contributed by atoms with E-state index in [1.54, 1.807) is 30.3 Å². The third-order valence-corrected chi connectivity index (χ3v) is 6.73. The maximum absolute atomic E-state index is 12.7. The second kappa shape index (κ2) is 11.9. The van der Waals surface area contributed by atoms with Crippen LogP contribution in [-0.2, 0) is 10.0 Å². The normalized spacial score (nSPS) is 11.2. The van der Waals surface area contributed by atoms with Crippen LogP contribution in [0.25, 0.3) is 0 Å². The van der Waals surface area contributed by atoms with Crippen LogP contribution in [0.4, 0.5) is 0 Å². The van der Waals surface area contributed by atoms with Gasteiger partial charge in [0.05, 0.1) is 22.2 Å². The van der Waals surface area contributed by atoms with Crippen LogP contribution >= 0.6 is 23.2 Å². The van der Waals surface area contributed by atoms with Crippen molar-refractivity contribution in [1.29, 1.82) is 0 Å². The highest BCUT2D eigenvalue weighted by molar-refractivity contribution is 7.89. The van der Waals surface area contributed by atoms with E-state index >= 15 is 0 Å². The predicted molar refractivity (Wildman–Crippen MR) is 144 cm³/mol. The average Bonchev–Trinajstić information content (AvgIpc) is 2.91. The summed E-state index contributed by atoms with van der Waals surface area (Å²) in [6.45, 7) is 0. The molecule has 0 fully saturated rings. The van der Waals surface area contributed by atoms with Crippen LogP contribution < -0.4 is 14.3 Å². The number of rotatable bonds is 8. The Kier molecular flexibility index (Phi) is 8.42. The van der Waals surface area contributed by atoms with Crippen molar-refractivity contribution in [1.82, 2.24) is 4.83 Å². The summed E-state index contributed by atoms with van der Waals surface area (Å²) in [6.07, 6.45) is 1.16. The van der Waals surface area contributed by atoms with E-state index in [4.69, 9.17) is 32.7 Å². The van der Waals surface area contributed by atoms with Crippen LogP contribution in [0.5, 0.6) is 11.5 Å². The van der Waals surface area contributed by atoms with Crippen LogP contribution in [0.2, 0.25) is 10.0 Å². The highest BCUT2D eigenvalue weighted by Gasteiger charge is 2.16. The van der Waals surface area contributed by atoms with Crippen molar-refractivity contribution < 1.29 is 27.5 Å². The predicted octanol–water partition coefficient (Wildman–Crippen LogP) is 5.74.